The Morgan fingerprint density at radius 2 is 0.449 bits per heavy atom. The summed E-state index contributed by atoms with van der Waals surface area (Å²) in [6.07, 6.45) is 33.8. The number of fused-ring (bicyclic) bond motifs is 9. The third-order valence-electron chi connectivity index (χ3n) is 28.7. The molecule has 620 valence electrons. The molecule has 0 atom stereocenters. The highest BCUT2D eigenvalue weighted by molar-refractivity contribution is 6.28. The summed E-state index contributed by atoms with van der Waals surface area (Å²) in [5.74, 6) is 0. The predicted molar refractivity (Wildman–Crippen MR) is 525 cm³/mol. The van der Waals surface area contributed by atoms with Crippen LogP contribution in [-0.4, -0.2) is 59.9 Å². The first-order chi connectivity index (χ1) is 62.8. The minimum atomic E-state index is -0.283. The van der Waals surface area contributed by atoms with Gasteiger partial charge in [0.25, 0.3) is 0 Å². The van der Waals surface area contributed by atoms with E-state index in [9.17, 15) is 0 Å². The zero-order chi connectivity index (χ0) is 84.9. The monoisotopic (exact) mass is 1650 g/mol. The molecule has 0 fully saturated rings. The van der Waals surface area contributed by atoms with Crippen LogP contribution in [-0.2, 0) is 10.8 Å². The number of aromatic nitrogens is 12. The van der Waals surface area contributed by atoms with Crippen molar-refractivity contribution in [3.05, 3.63) is 314 Å². The summed E-state index contributed by atoms with van der Waals surface area (Å²) in [6.45, 7) is 9.34. The van der Waals surface area contributed by atoms with Gasteiger partial charge in [-0.05, 0) is 229 Å². The molecule has 12 heteroatoms. The van der Waals surface area contributed by atoms with Crippen LogP contribution in [0.4, 0.5) is 0 Å². The Morgan fingerprint density at radius 1 is 0.213 bits per heavy atom. The van der Waals surface area contributed by atoms with Gasteiger partial charge >= 0.3 is 0 Å². The van der Waals surface area contributed by atoms with Crippen LogP contribution < -0.4 is 0 Å². The van der Waals surface area contributed by atoms with Crippen LogP contribution in [0.2, 0.25) is 0 Å². The van der Waals surface area contributed by atoms with Gasteiger partial charge in [0.2, 0.25) is 0 Å². The van der Waals surface area contributed by atoms with E-state index < -0.39 is 0 Å². The van der Waals surface area contributed by atoms with Gasteiger partial charge in [0, 0.05) is 81.4 Å². The molecular formula is C115H100N12. The fraction of sp³-hybridized carbons (Fsp3) is 0.226. The second kappa shape index (κ2) is 32.2. The molecule has 0 aliphatic heterocycles. The van der Waals surface area contributed by atoms with Gasteiger partial charge < -0.3 is 0 Å². The summed E-state index contributed by atoms with van der Waals surface area (Å²) >= 11 is 0. The predicted octanol–water partition coefficient (Wildman–Crippen LogP) is 30.3. The largest absolute Gasteiger partial charge is 0.265 e. The molecule has 6 heterocycles. The molecule has 21 aromatic rings. The summed E-state index contributed by atoms with van der Waals surface area (Å²) in [4.78, 5) is 18.8. The van der Waals surface area contributed by atoms with Crippen molar-refractivity contribution in [2.75, 3.05) is 0 Å². The van der Waals surface area contributed by atoms with Crippen LogP contribution in [0, 0.1) is 0 Å². The molecule has 0 spiro atoms. The molecule has 0 saturated carbocycles. The standard InChI is InChI=1S/C115H100N12/c1-5-9-13-17-59-114(60-18-14-10-6-2)100-69-79(35-41-92(100)94-43-37-81(71-102(94)114)88-49-51-98(112-110(88)121-126(123-112)84-55-65-117-66-56-84)90-39-31-77-29-27-73-23-21-25-75-33-45-96(90)106(77)104(73)75)86-47-48-87(109-108(86)119-125(120-109)83-53-63-116-64-54-83)80-36-42-93-95-44-38-82(72-103(95)115(101(93)70-80,61-19-15-11-7-3)62-20-16-12-8-4)89-50-52-99(113-111(89)122-127(124-113)85-57-67-118-68-58-85)91-40-32-78-30-28-74-24-22-26-76-34-46-97(91)107(78)105(74)76/h21-58,63-72H,5-20,59-62H2,1-4H3. The summed E-state index contributed by atoms with van der Waals surface area (Å²) in [6, 6.07) is 96.2. The smallest absolute Gasteiger partial charge is 0.122 e. The van der Waals surface area contributed by atoms with E-state index in [1.54, 1.807) is 0 Å². The second-order valence-electron chi connectivity index (χ2n) is 36.0. The number of nitrogens with zero attached hydrogens (tertiary/aromatic N) is 12. The Balaban J connectivity index is 0.657. The number of hydrogen-bond acceptors (Lipinski definition) is 9. The van der Waals surface area contributed by atoms with Gasteiger partial charge in [0.05, 0.1) is 17.1 Å². The number of hydrogen-bond donors (Lipinski definition) is 0. The van der Waals surface area contributed by atoms with E-state index in [0.717, 1.165) is 168 Å². The SMILES string of the molecule is CCCCCCC1(CCCCCC)c2cc(-c3ccc(-c4ccc5c(c4)C(CCCCCC)(CCCCCC)c4cc(-c6ccc(-c7ccc8ccc9cccc%10ccc7c8c9%10)c7nn(-c8ccncc8)nc67)ccc4-5)c4nn(-c5ccncc5)nc34)ccc2-c2ccc(-c3ccc(-c4ccc5ccc6cccc7ccc4c5c67)c4nn(-c5ccncc5)nc34)cc21. The van der Waals surface area contributed by atoms with Crippen molar-refractivity contribution < 1.29 is 0 Å². The molecule has 23 rings (SSSR count). The van der Waals surface area contributed by atoms with E-state index in [0.29, 0.717) is 0 Å². The average Bonchev–Trinajstić information content (AvgIpc) is 1.56. The maximum absolute atomic E-state index is 5.64. The van der Waals surface area contributed by atoms with Gasteiger partial charge in [0.1, 0.15) is 33.1 Å². The van der Waals surface area contributed by atoms with Gasteiger partial charge in [0.15, 0.2) is 0 Å². The molecule has 0 amide bonds. The van der Waals surface area contributed by atoms with E-state index in [4.69, 9.17) is 30.6 Å². The number of unbranched alkanes of at least 4 members (excludes halogenated alkanes) is 12. The minimum Gasteiger partial charge on any atom is -0.265 e. The molecule has 127 heavy (non-hydrogen) atoms. The highest BCUT2D eigenvalue weighted by Crippen LogP contribution is 2.60. The van der Waals surface area contributed by atoms with Crippen LogP contribution in [0.1, 0.15) is 178 Å². The van der Waals surface area contributed by atoms with Crippen molar-refractivity contribution in [1.82, 2.24) is 59.9 Å². The van der Waals surface area contributed by atoms with Gasteiger partial charge in [-0.15, -0.1) is 30.6 Å². The van der Waals surface area contributed by atoms with Crippen LogP contribution >= 0.6 is 0 Å². The van der Waals surface area contributed by atoms with Crippen LogP contribution in [0.3, 0.4) is 0 Å². The molecule has 0 radical (unpaired) electrons. The summed E-state index contributed by atoms with van der Waals surface area (Å²) in [7, 11) is 0. The average molecular weight is 1650 g/mol. The summed E-state index contributed by atoms with van der Waals surface area (Å²) in [5, 5.41) is 48.2. The zero-order valence-electron chi connectivity index (χ0n) is 72.7. The minimum absolute atomic E-state index is 0.283. The van der Waals surface area contributed by atoms with Crippen molar-refractivity contribution in [1.29, 1.82) is 0 Å². The zero-order valence-corrected chi connectivity index (χ0v) is 72.7. The van der Waals surface area contributed by atoms with Crippen molar-refractivity contribution in [3.8, 4) is 106 Å². The molecule has 2 aliphatic carbocycles. The van der Waals surface area contributed by atoms with E-state index in [-0.39, 0.29) is 10.8 Å². The summed E-state index contributed by atoms with van der Waals surface area (Å²) < 4.78 is 0. The highest BCUT2D eigenvalue weighted by Gasteiger charge is 2.45. The fourth-order valence-electron chi connectivity index (χ4n) is 22.5. The Morgan fingerprint density at radius 3 is 0.732 bits per heavy atom. The van der Waals surface area contributed by atoms with Gasteiger partial charge in [-0.3, -0.25) is 15.0 Å². The molecule has 0 saturated heterocycles. The maximum atomic E-state index is 5.64. The molecule has 0 unspecified atom stereocenters. The third-order valence-corrected chi connectivity index (χ3v) is 28.7. The van der Waals surface area contributed by atoms with Gasteiger partial charge in [-0.25, -0.2) is 0 Å². The van der Waals surface area contributed by atoms with E-state index in [2.05, 4.69) is 261 Å². The third kappa shape index (κ3) is 13.0. The Kier molecular flexibility index (Phi) is 19.7. The molecule has 0 N–H and O–H groups in total. The topological polar surface area (TPSA) is 131 Å². The molecule has 6 aromatic heterocycles. The van der Waals surface area contributed by atoms with E-state index in [1.807, 2.05) is 88.0 Å². The van der Waals surface area contributed by atoms with Crippen molar-refractivity contribution in [2.45, 2.75) is 167 Å². The Labute approximate surface area is 740 Å². The van der Waals surface area contributed by atoms with Crippen molar-refractivity contribution >= 4 is 97.7 Å². The number of benzene rings is 15. The first-order valence-electron chi connectivity index (χ1n) is 46.6. The first-order valence-corrected chi connectivity index (χ1v) is 46.6. The fourth-order valence-corrected chi connectivity index (χ4v) is 22.5. The molecule has 12 nitrogen and oxygen atoms in total. The van der Waals surface area contributed by atoms with Crippen LogP contribution in [0.5, 0.6) is 0 Å². The second-order valence-corrected chi connectivity index (χ2v) is 36.0. The van der Waals surface area contributed by atoms with E-state index in [1.165, 1.54) is 186 Å². The van der Waals surface area contributed by atoms with Crippen LogP contribution in [0.15, 0.2) is 292 Å². The lowest BCUT2D eigenvalue weighted by atomic mass is 9.69. The molecule has 0 bridgehead atoms. The van der Waals surface area contributed by atoms with Crippen LogP contribution in [0.25, 0.3) is 204 Å². The molecule has 2 aliphatic rings. The normalized spacial score (nSPS) is 13.3. The van der Waals surface area contributed by atoms with Gasteiger partial charge in [-0.1, -0.05) is 325 Å². The molecule has 15 aromatic carbocycles. The Hall–Kier alpha value is -14.0. The van der Waals surface area contributed by atoms with Crippen molar-refractivity contribution in [2.24, 2.45) is 0 Å². The lowest BCUT2D eigenvalue weighted by Gasteiger charge is -2.33. The number of rotatable bonds is 29. The highest BCUT2D eigenvalue weighted by atomic mass is 15.5. The molecular weight excluding hydrogens is 1550 g/mol. The Bertz CT molecular complexity index is 7300. The first kappa shape index (κ1) is 77.8. The quantitative estimate of drug-likeness (QED) is 0.0332. The maximum Gasteiger partial charge on any atom is 0.122 e. The summed E-state index contributed by atoms with van der Waals surface area (Å²) in [5.41, 5.74) is 31.4. The number of pyridine rings is 3. The lowest BCUT2D eigenvalue weighted by molar-refractivity contribution is 0.401. The van der Waals surface area contributed by atoms with Gasteiger partial charge in [-0.2, -0.15) is 14.4 Å². The van der Waals surface area contributed by atoms with E-state index >= 15 is 0 Å². The lowest BCUT2D eigenvalue weighted by Crippen LogP contribution is -2.25. The van der Waals surface area contributed by atoms with Crippen molar-refractivity contribution in [3.63, 3.8) is 0 Å².